The van der Waals surface area contributed by atoms with E-state index >= 15 is 0 Å². The molecule has 0 spiro atoms. The molecule has 1 aromatic carbocycles. The molecule has 2 rings (SSSR count). The van der Waals surface area contributed by atoms with Crippen molar-refractivity contribution in [2.45, 2.75) is 18.2 Å². The van der Waals surface area contributed by atoms with E-state index in [1.807, 2.05) is 30.5 Å². The molecular weight excluding hydrogens is 294 g/mol. The zero-order chi connectivity index (χ0) is 13.0. The van der Waals surface area contributed by atoms with E-state index in [9.17, 15) is 4.79 Å². The number of alkyl halides is 1. The summed E-state index contributed by atoms with van der Waals surface area (Å²) in [4.78, 5) is 15.4. The molecule has 94 valence electrons. The zero-order valence-corrected chi connectivity index (χ0v) is 11.7. The summed E-state index contributed by atoms with van der Waals surface area (Å²) in [5, 5.41) is 2.21. The first-order valence-electron chi connectivity index (χ1n) is 5.84. The van der Waals surface area contributed by atoms with Gasteiger partial charge in [0.1, 0.15) is 4.83 Å². The molecule has 0 aliphatic carbocycles. The highest BCUT2D eigenvalue weighted by Gasteiger charge is 2.17. The minimum atomic E-state index is -0.309. The monoisotopic (exact) mass is 307 g/mol. The second-order valence-corrected chi connectivity index (χ2v) is 5.04. The highest BCUT2D eigenvalue weighted by Crippen LogP contribution is 2.21. The third-order valence-corrected chi connectivity index (χ3v) is 3.41. The number of ether oxygens (including phenoxy) is 1. The number of carbonyl (C=O) groups excluding carboxylic acids is 1. The van der Waals surface area contributed by atoms with Crippen LogP contribution < -0.4 is 0 Å². The third-order valence-electron chi connectivity index (χ3n) is 2.71. The van der Waals surface area contributed by atoms with Crippen molar-refractivity contribution in [1.82, 2.24) is 4.98 Å². The summed E-state index contributed by atoms with van der Waals surface area (Å²) < 4.78 is 4.99. The number of pyridine rings is 1. The molecule has 1 atom stereocenters. The standard InChI is InChI=1S/C14H14BrNO2/c1-2-18-14(17)13(15)8-10-4-3-5-11-9-16-7-6-12(10)11/h3-7,9,13H,2,8H2,1H3. The predicted molar refractivity (Wildman–Crippen MR) is 74.8 cm³/mol. The maximum Gasteiger partial charge on any atom is 0.320 e. The summed E-state index contributed by atoms with van der Waals surface area (Å²) in [6.07, 6.45) is 4.20. The molecule has 0 saturated heterocycles. The van der Waals surface area contributed by atoms with Gasteiger partial charge in [-0.05, 0) is 30.4 Å². The predicted octanol–water partition coefficient (Wildman–Crippen LogP) is 3.10. The minimum absolute atomic E-state index is 0.219. The summed E-state index contributed by atoms with van der Waals surface area (Å²) in [6, 6.07) is 7.98. The van der Waals surface area contributed by atoms with Crippen molar-refractivity contribution >= 4 is 32.7 Å². The number of aromatic nitrogens is 1. The Balaban J connectivity index is 2.24. The van der Waals surface area contributed by atoms with Crippen LogP contribution in [0.1, 0.15) is 12.5 Å². The van der Waals surface area contributed by atoms with Crippen molar-refractivity contribution in [3.8, 4) is 0 Å². The molecule has 4 heteroatoms. The fourth-order valence-electron chi connectivity index (χ4n) is 1.88. The van der Waals surface area contributed by atoms with Crippen LogP contribution in [0.4, 0.5) is 0 Å². The molecular formula is C14H14BrNO2. The minimum Gasteiger partial charge on any atom is -0.465 e. The van der Waals surface area contributed by atoms with Crippen LogP contribution in [0.25, 0.3) is 10.8 Å². The van der Waals surface area contributed by atoms with Crippen LogP contribution in [-0.4, -0.2) is 22.4 Å². The maximum atomic E-state index is 11.6. The lowest BCUT2D eigenvalue weighted by Crippen LogP contribution is -2.19. The van der Waals surface area contributed by atoms with Gasteiger partial charge in [-0.25, -0.2) is 0 Å². The average molecular weight is 308 g/mol. The summed E-state index contributed by atoms with van der Waals surface area (Å²) in [5.74, 6) is -0.219. The molecule has 0 saturated carbocycles. The van der Waals surface area contributed by atoms with Gasteiger partial charge in [0.15, 0.2) is 0 Å². The largest absolute Gasteiger partial charge is 0.465 e. The van der Waals surface area contributed by atoms with E-state index in [2.05, 4.69) is 20.9 Å². The van der Waals surface area contributed by atoms with E-state index in [0.717, 1.165) is 16.3 Å². The molecule has 3 nitrogen and oxygen atoms in total. The number of hydrogen-bond acceptors (Lipinski definition) is 3. The second-order valence-electron chi connectivity index (χ2n) is 3.94. The molecule has 0 bridgehead atoms. The van der Waals surface area contributed by atoms with Gasteiger partial charge in [0.05, 0.1) is 6.61 Å². The number of carbonyl (C=O) groups is 1. The first kappa shape index (κ1) is 13.0. The van der Waals surface area contributed by atoms with Crippen LogP contribution in [0, 0.1) is 0 Å². The van der Waals surface area contributed by atoms with E-state index in [1.54, 1.807) is 13.1 Å². The number of fused-ring (bicyclic) bond motifs is 1. The lowest BCUT2D eigenvalue weighted by Gasteiger charge is -2.11. The van der Waals surface area contributed by atoms with E-state index in [1.165, 1.54) is 0 Å². The van der Waals surface area contributed by atoms with Crippen LogP contribution in [0.3, 0.4) is 0 Å². The fraction of sp³-hybridized carbons (Fsp3) is 0.286. The zero-order valence-electron chi connectivity index (χ0n) is 10.1. The van der Waals surface area contributed by atoms with Gasteiger partial charge in [-0.2, -0.15) is 0 Å². The number of halogens is 1. The van der Waals surface area contributed by atoms with Crippen molar-refractivity contribution in [3.05, 3.63) is 42.2 Å². The quantitative estimate of drug-likeness (QED) is 0.643. The van der Waals surface area contributed by atoms with Gasteiger partial charge in [-0.1, -0.05) is 34.1 Å². The van der Waals surface area contributed by atoms with Crippen LogP contribution in [0.15, 0.2) is 36.7 Å². The van der Waals surface area contributed by atoms with Gasteiger partial charge in [0, 0.05) is 17.8 Å². The third kappa shape index (κ3) is 2.88. The smallest absolute Gasteiger partial charge is 0.320 e. The maximum absolute atomic E-state index is 11.6. The molecule has 0 N–H and O–H groups in total. The molecule has 2 aromatic rings. The lowest BCUT2D eigenvalue weighted by molar-refractivity contribution is -0.142. The average Bonchev–Trinajstić information content (AvgIpc) is 2.39. The van der Waals surface area contributed by atoms with Crippen molar-refractivity contribution in [3.63, 3.8) is 0 Å². The molecule has 1 unspecified atom stereocenters. The first-order chi connectivity index (χ1) is 8.72. The molecule has 0 radical (unpaired) electrons. The van der Waals surface area contributed by atoms with E-state index in [0.29, 0.717) is 13.0 Å². The summed E-state index contributed by atoms with van der Waals surface area (Å²) >= 11 is 3.38. The van der Waals surface area contributed by atoms with Gasteiger partial charge < -0.3 is 4.74 Å². The van der Waals surface area contributed by atoms with Crippen molar-refractivity contribution in [2.24, 2.45) is 0 Å². The van der Waals surface area contributed by atoms with E-state index < -0.39 is 0 Å². The van der Waals surface area contributed by atoms with E-state index in [4.69, 9.17) is 4.74 Å². The van der Waals surface area contributed by atoms with Crippen LogP contribution in [-0.2, 0) is 16.0 Å². The Labute approximate surface area is 114 Å². The van der Waals surface area contributed by atoms with Gasteiger partial charge in [0.2, 0.25) is 0 Å². The fourth-order valence-corrected chi connectivity index (χ4v) is 2.36. The normalized spacial score (nSPS) is 12.3. The first-order valence-corrected chi connectivity index (χ1v) is 6.76. The Morgan fingerprint density at radius 1 is 1.44 bits per heavy atom. The number of benzene rings is 1. The van der Waals surface area contributed by atoms with Crippen molar-refractivity contribution < 1.29 is 9.53 Å². The Kier molecular flexibility index (Phi) is 4.31. The van der Waals surface area contributed by atoms with Gasteiger partial charge in [-0.15, -0.1) is 0 Å². The second kappa shape index (κ2) is 5.96. The van der Waals surface area contributed by atoms with Crippen LogP contribution >= 0.6 is 15.9 Å². The number of rotatable bonds is 4. The number of hydrogen-bond donors (Lipinski definition) is 0. The van der Waals surface area contributed by atoms with Crippen LogP contribution in [0.2, 0.25) is 0 Å². The molecule has 0 fully saturated rings. The van der Waals surface area contributed by atoms with Crippen molar-refractivity contribution in [2.75, 3.05) is 6.61 Å². The Bertz CT molecular complexity index is 551. The Morgan fingerprint density at radius 2 is 2.28 bits per heavy atom. The molecule has 18 heavy (non-hydrogen) atoms. The topological polar surface area (TPSA) is 39.2 Å². The summed E-state index contributed by atoms with van der Waals surface area (Å²) in [5.41, 5.74) is 1.12. The van der Waals surface area contributed by atoms with Gasteiger partial charge in [-0.3, -0.25) is 9.78 Å². The van der Waals surface area contributed by atoms with Gasteiger partial charge in [0.25, 0.3) is 0 Å². The Morgan fingerprint density at radius 3 is 3.06 bits per heavy atom. The summed E-state index contributed by atoms with van der Waals surface area (Å²) in [7, 11) is 0. The molecule has 0 amide bonds. The highest BCUT2D eigenvalue weighted by atomic mass is 79.9. The number of esters is 1. The van der Waals surface area contributed by atoms with E-state index in [-0.39, 0.29) is 10.8 Å². The SMILES string of the molecule is CCOC(=O)C(Br)Cc1cccc2cnccc12. The molecule has 0 aliphatic heterocycles. The highest BCUT2D eigenvalue weighted by molar-refractivity contribution is 9.10. The molecule has 1 heterocycles. The molecule has 0 aliphatic rings. The van der Waals surface area contributed by atoms with Crippen molar-refractivity contribution in [1.29, 1.82) is 0 Å². The lowest BCUT2D eigenvalue weighted by atomic mass is 10.0. The summed E-state index contributed by atoms with van der Waals surface area (Å²) in [6.45, 7) is 2.21. The van der Waals surface area contributed by atoms with Gasteiger partial charge >= 0.3 is 5.97 Å². The molecule has 1 aromatic heterocycles. The number of nitrogens with zero attached hydrogens (tertiary/aromatic N) is 1. The Hall–Kier alpha value is -1.42. The van der Waals surface area contributed by atoms with Crippen LogP contribution in [0.5, 0.6) is 0 Å².